The Kier molecular flexibility index (Phi) is 7.08. The highest BCUT2D eigenvalue weighted by molar-refractivity contribution is 7.98. The van der Waals surface area contributed by atoms with Crippen LogP contribution < -0.4 is 9.44 Å². The average molecular weight is 486 g/mol. The van der Waals surface area contributed by atoms with E-state index in [0.717, 1.165) is 17.7 Å². The lowest BCUT2D eigenvalue weighted by Crippen LogP contribution is -2.08. The van der Waals surface area contributed by atoms with Crippen molar-refractivity contribution in [2.75, 3.05) is 11.3 Å². The normalized spacial score (nSPS) is 13.2. The molecular weight excluding hydrogens is 461 g/mol. The molecule has 0 bridgehead atoms. The lowest BCUT2D eigenvalue weighted by Gasteiger charge is -2.15. The van der Waals surface area contributed by atoms with Crippen molar-refractivity contribution >= 4 is 39.8 Å². The van der Waals surface area contributed by atoms with Crippen LogP contribution in [0.1, 0.15) is 35.4 Å². The monoisotopic (exact) mass is 485 g/mol. The number of nitrogens with zero attached hydrogens (tertiary/aromatic N) is 3. The Hall–Kier alpha value is -2.79. The maximum Gasteiger partial charge on any atom is 0.158 e. The number of hydrogen-bond donors (Lipinski definition) is 3. The Bertz CT molecular complexity index is 1310. The smallest absolute Gasteiger partial charge is 0.158 e. The first-order valence-corrected chi connectivity index (χ1v) is 12.3. The van der Waals surface area contributed by atoms with E-state index in [1.54, 1.807) is 37.4 Å². The summed E-state index contributed by atoms with van der Waals surface area (Å²) in [6, 6.07) is 12.1. The number of benzene rings is 2. The van der Waals surface area contributed by atoms with Crippen LogP contribution in [0, 0.1) is 19.7 Å². The molecule has 0 aliphatic carbocycles. The summed E-state index contributed by atoms with van der Waals surface area (Å²) in [6.07, 6.45) is 1.65. The van der Waals surface area contributed by atoms with Crippen molar-refractivity contribution in [1.82, 2.24) is 18.7 Å². The summed E-state index contributed by atoms with van der Waals surface area (Å²) in [4.78, 5) is 9.15. The standard InChI is InChI=1S/C23H24FN5O2S2/c1-4-27-32-28-19-7-5-6-17(21(19)24)22(30)18-12-29(23-20(18)15(3)25-13-26-23)33(31)16-10-8-14(2)9-11-16/h5-13,22,27-28,30H,4H2,1-3H3. The minimum Gasteiger partial charge on any atom is -0.383 e. The topological polar surface area (TPSA) is 92.1 Å². The molecule has 2 unspecified atom stereocenters. The SMILES string of the molecule is CCNSNc1cccc(C(O)c2cn(S(=O)c3ccc(C)cc3)c3ncnc(C)c23)c1F. The molecule has 2 atom stereocenters. The third kappa shape index (κ3) is 4.65. The van der Waals surface area contributed by atoms with Crippen molar-refractivity contribution in [2.45, 2.75) is 31.8 Å². The van der Waals surface area contributed by atoms with E-state index >= 15 is 4.39 Å². The zero-order chi connectivity index (χ0) is 23.5. The minimum atomic E-state index is -1.61. The highest BCUT2D eigenvalue weighted by atomic mass is 32.2. The second kappa shape index (κ2) is 10.0. The lowest BCUT2D eigenvalue weighted by atomic mass is 10.00. The molecule has 3 N–H and O–H groups in total. The molecular formula is C23H24FN5O2S2. The largest absolute Gasteiger partial charge is 0.383 e. The maximum absolute atomic E-state index is 15.2. The Balaban J connectivity index is 1.79. The van der Waals surface area contributed by atoms with Crippen LogP contribution in [0.2, 0.25) is 0 Å². The number of hydrogen-bond acceptors (Lipinski definition) is 7. The molecule has 33 heavy (non-hydrogen) atoms. The van der Waals surface area contributed by atoms with Gasteiger partial charge >= 0.3 is 0 Å². The van der Waals surface area contributed by atoms with Gasteiger partial charge in [-0.15, -0.1) is 0 Å². The predicted octanol–water partition coefficient (Wildman–Crippen LogP) is 4.42. The minimum absolute atomic E-state index is 0.0977. The average Bonchev–Trinajstić information content (AvgIpc) is 3.21. The molecule has 0 amide bonds. The van der Waals surface area contributed by atoms with Crippen molar-refractivity contribution in [2.24, 2.45) is 0 Å². The number of aliphatic hydroxyl groups is 1. The van der Waals surface area contributed by atoms with Crippen LogP contribution in [-0.4, -0.2) is 29.8 Å². The van der Waals surface area contributed by atoms with Crippen LogP contribution >= 0.6 is 12.1 Å². The zero-order valence-corrected chi connectivity index (χ0v) is 20.0. The van der Waals surface area contributed by atoms with Gasteiger partial charge in [0.05, 0.1) is 16.3 Å². The van der Waals surface area contributed by atoms with Crippen molar-refractivity contribution in [3.8, 4) is 0 Å². The first-order chi connectivity index (χ1) is 15.9. The number of fused-ring (bicyclic) bond motifs is 1. The zero-order valence-electron chi connectivity index (χ0n) is 18.4. The van der Waals surface area contributed by atoms with Gasteiger partial charge in [0.1, 0.15) is 12.4 Å². The van der Waals surface area contributed by atoms with Crippen LogP contribution in [0.15, 0.2) is 59.9 Å². The number of aliphatic hydroxyl groups excluding tert-OH is 1. The molecule has 0 radical (unpaired) electrons. The second-order valence-corrected chi connectivity index (χ2v) is 9.50. The van der Waals surface area contributed by atoms with Crippen LogP contribution in [0.5, 0.6) is 0 Å². The molecule has 172 valence electrons. The van der Waals surface area contributed by atoms with Gasteiger partial charge < -0.3 is 9.83 Å². The number of nitrogens with one attached hydrogen (secondary N) is 2. The number of halogens is 1. The summed E-state index contributed by atoms with van der Waals surface area (Å²) in [5.74, 6) is -0.564. The van der Waals surface area contributed by atoms with Gasteiger partial charge in [-0.1, -0.05) is 36.8 Å². The summed E-state index contributed by atoms with van der Waals surface area (Å²) < 4.78 is 36.0. The van der Waals surface area contributed by atoms with Crippen LogP contribution in [0.4, 0.5) is 10.1 Å². The van der Waals surface area contributed by atoms with Gasteiger partial charge in [0, 0.05) is 41.4 Å². The van der Waals surface area contributed by atoms with Crippen molar-refractivity contribution in [3.63, 3.8) is 0 Å². The first kappa shape index (κ1) is 23.4. The summed E-state index contributed by atoms with van der Waals surface area (Å²) >= 11 is 1.16. The molecule has 0 fully saturated rings. The molecule has 0 spiro atoms. The van der Waals surface area contributed by atoms with E-state index in [1.165, 1.54) is 16.4 Å². The lowest BCUT2D eigenvalue weighted by molar-refractivity contribution is 0.216. The molecule has 4 rings (SSSR count). The fourth-order valence-corrected chi connectivity index (χ4v) is 5.08. The summed E-state index contributed by atoms with van der Waals surface area (Å²) in [7, 11) is -1.61. The van der Waals surface area contributed by atoms with E-state index in [9.17, 15) is 9.32 Å². The summed E-state index contributed by atoms with van der Waals surface area (Å²) in [5.41, 5.74) is 2.80. The van der Waals surface area contributed by atoms with Gasteiger partial charge in [-0.05, 0) is 32.0 Å². The molecule has 0 saturated heterocycles. The van der Waals surface area contributed by atoms with E-state index < -0.39 is 22.9 Å². The molecule has 2 heterocycles. The van der Waals surface area contributed by atoms with Gasteiger partial charge in [0.2, 0.25) is 0 Å². The molecule has 0 aliphatic rings. The van der Waals surface area contributed by atoms with Crippen LogP contribution in [0.25, 0.3) is 11.0 Å². The van der Waals surface area contributed by atoms with Crippen LogP contribution in [-0.2, 0) is 11.0 Å². The second-order valence-electron chi connectivity index (χ2n) is 7.44. The molecule has 0 aliphatic heterocycles. The van der Waals surface area contributed by atoms with Gasteiger partial charge in [-0.25, -0.2) is 27.3 Å². The molecule has 2 aromatic carbocycles. The highest BCUT2D eigenvalue weighted by Gasteiger charge is 2.25. The molecule has 4 aromatic rings. The fraction of sp³-hybridized carbons (Fsp3) is 0.217. The first-order valence-electron chi connectivity index (χ1n) is 10.3. The summed E-state index contributed by atoms with van der Waals surface area (Å²) in [5, 5.41) is 11.8. The maximum atomic E-state index is 15.2. The van der Waals surface area contributed by atoms with E-state index in [1.807, 2.05) is 26.0 Å². The van der Waals surface area contributed by atoms with Crippen molar-refractivity contribution < 1.29 is 13.7 Å². The fourth-order valence-electron chi connectivity index (χ4n) is 3.49. The Morgan fingerprint density at radius 1 is 1.15 bits per heavy atom. The molecule has 7 nitrogen and oxygen atoms in total. The van der Waals surface area contributed by atoms with E-state index in [-0.39, 0.29) is 11.3 Å². The van der Waals surface area contributed by atoms with E-state index in [4.69, 9.17) is 0 Å². The number of aryl methyl sites for hydroxylation is 2. The summed E-state index contributed by atoms with van der Waals surface area (Å²) in [6.45, 7) is 6.38. The highest BCUT2D eigenvalue weighted by Crippen LogP contribution is 2.35. The van der Waals surface area contributed by atoms with Gasteiger partial charge in [-0.3, -0.25) is 0 Å². The number of rotatable bonds is 8. The third-order valence-electron chi connectivity index (χ3n) is 5.17. The van der Waals surface area contributed by atoms with E-state index in [0.29, 0.717) is 33.7 Å². The van der Waals surface area contributed by atoms with Gasteiger partial charge in [0.15, 0.2) is 22.5 Å². The van der Waals surface area contributed by atoms with Crippen molar-refractivity contribution in [1.29, 1.82) is 0 Å². The Labute approximate surface area is 198 Å². The molecule has 10 heteroatoms. The van der Waals surface area contributed by atoms with Crippen molar-refractivity contribution in [3.05, 3.63) is 83.2 Å². The Morgan fingerprint density at radius 3 is 2.64 bits per heavy atom. The third-order valence-corrected chi connectivity index (χ3v) is 7.23. The Morgan fingerprint density at radius 2 is 1.91 bits per heavy atom. The van der Waals surface area contributed by atoms with Crippen LogP contribution in [0.3, 0.4) is 0 Å². The number of aromatic nitrogens is 3. The number of anilines is 1. The molecule has 2 aromatic heterocycles. The van der Waals surface area contributed by atoms with E-state index in [2.05, 4.69) is 19.4 Å². The quantitative estimate of drug-likeness (QED) is 0.251. The molecule has 0 saturated carbocycles. The van der Waals surface area contributed by atoms with Gasteiger partial charge in [-0.2, -0.15) is 0 Å². The predicted molar refractivity (Wildman–Crippen MR) is 131 cm³/mol. The van der Waals surface area contributed by atoms with Gasteiger partial charge in [0.25, 0.3) is 0 Å².